The average molecular weight is 279 g/mol. The van der Waals surface area contributed by atoms with Crippen LogP contribution in [-0.4, -0.2) is 32.9 Å². The highest BCUT2D eigenvalue weighted by Gasteiger charge is 2.63. The van der Waals surface area contributed by atoms with Crippen LogP contribution in [0.5, 0.6) is 0 Å². The van der Waals surface area contributed by atoms with Crippen molar-refractivity contribution in [3.05, 3.63) is 28.8 Å². The van der Waals surface area contributed by atoms with Gasteiger partial charge in [0, 0.05) is 5.92 Å². The number of rotatable bonds is 1. The van der Waals surface area contributed by atoms with E-state index >= 15 is 0 Å². The van der Waals surface area contributed by atoms with Crippen molar-refractivity contribution in [1.82, 2.24) is 0 Å². The van der Waals surface area contributed by atoms with Gasteiger partial charge in [0.2, 0.25) is 10.0 Å². The summed E-state index contributed by atoms with van der Waals surface area (Å²) in [7, 11) is -3.26. The molecular weight excluding hydrogens is 262 g/mol. The molecule has 1 aliphatic carbocycles. The Bertz CT molecular complexity index is 682. The van der Waals surface area contributed by atoms with E-state index in [1.165, 1.54) is 17.4 Å². The largest absolute Gasteiger partial charge is 0.367 e. The Morgan fingerprint density at radius 3 is 2.63 bits per heavy atom. The van der Waals surface area contributed by atoms with Crippen molar-refractivity contribution < 1.29 is 13.2 Å². The third-order valence-electron chi connectivity index (χ3n) is 4.71. The lowest BCUT2D eigenvalue weighted by Crippen LogP contribution is -2.40. The zero-order valence-corrected chi connectivity index (χ0v) is 12.1. The maximum absolute atomic E-state index is 12.2. The fourth-order valence-electron chi connectivity index (χ4n) is 3.97. The molecule has 0 amide bonds. The summed E-state index contributed by atoms with van der Waals surface area (Å²) in [5.41, 5.74) is 4.37. The van der Waals surface area contributed by atoms with E-state index < -0.39 is 10.0 Å². The third-order valence-corrected chi connectivity index (χ3v) is 5.85. The molecule has 1 saturated heterocycles. The minimum absolute atomic E-state index is 0.0187. The van der Waals surface area contributed by atoms with E-state index in [9.17, 15) is 8.42 Å². The Kier molecular flexibility index (Phi) is 2.05. The molecule has 0 spiro atoms. The lowest BCUT2D eigenvalue weighted by atomic mass is 9.91. The molecule has 0 bridgehead atoms. The van der Waals surface area contributed by atoms with E-state index in [-0.39, 0.29) is 18.2 Å². The fraction of sp³-hybridized carbons (Fsp3) is 0.571. The van der Waals surface area contributed by atoms with Crippen molar-refractivity contribution in [2.45, 2.75) is 44.4 Å². The first-order valence-corrected chi connectivity index (χ1v) is 8.49. The topological polar surface area (TPSA) is 49.9 Å². The first kappa shape index (κ1) is 11.7. The van der Waals surface area contributed by atoms with Gasteiger partial charge in [-0.15, -0.1) is 0 Å². The molecule has 4 nitrogen and oxygen atoms in total. The SMILES string of the molecule is Cc1ccc(C)c2c1[C@@H]1C[C@H]3O[C@H]3[C@@H]1N2S(C)(=O)=O. The number of ether oxygens (including phenoxy) is 1. The second-order valence-electron chi connectivity index (χ2n) is 5.99. The Morgan fingerprint density at radius 1 is 1.26 bits per heavy atom. The monoisotopic (exact) mass is 279 g/mol. The molecule has 4 rings (SSSR count). The van der Waals surface area contributed by atoms with Crippen LogP contribution in [0.25, 0.3) is 0 Å². The lowest BCUT2D eigenvalue weighted by Gasteiger charge is -2.25. The third kappa shape index (κ3) is 1.40. The molecular formula is C14H17NO3S. The second-order valence-corrected chi connectivity index (χ2v) is 7.85. The summed E-state index contributed by atoms with van der Waals surface area (Å²) in [6.07, 6.45) is 2.63. The Balaban J connectivity index is 2.00. The molecule has 0 unspecified atom stereocenters. The summed E-state index contributed by atoms with van der Waals surface area (Å²) >= 11 is 0. The highest BCUT2D eigenvalue weighted by atomic mass is 32.2. The van der Waals surface area contributed by atoms with E-state index in [1.54, 1.807) is 4.31 Å². The molecule has 4 atom stereocenters. The van der Waals surface area contributed by atoms with Gasteiger partial charge in [0.25, 0.3) is 0 Å². The number of sulfonamides is 1. The quantitative estimate of drug-likeness (QED) is 0.735. The van der Waals surface area contributed by atoms with Crippen molar-refractivity contribution >= 4 is 15.7 Å². The van der Waals surface area contributed by atoms with Gasteiger partial charge < -0.3 is 4.74 Å². The van der Waals surface area contributed by atoms with Gasteiger partial charge in [-0.25, -0.2) is 8.42 Å². The van der Waals surface area contributed by atoms with Crippen LogP contribution >= 0.6 is 0 Å². The number of hydrogen-bond donors (Lipinski definition) is 0. The molecule has 2 heterocycles. The van der Waals surface area contributed by atoms with Crippen LogP contribution in [0.1, 0.15) is 29.0 Å². The first-order chi connectivity index (χ1) is 8.89. The van der Waals surface area contributed by atoms with Crippen LogP contribution in [0.15, 0.2) is 12.1 Å². The van der Waals surface area contributed by atoms with Crippen molar-refractivity contribution in [2.24, 2.45) is 0 Å². The molecule has 2 fully saturated rings. The van der Waals surface area contributed by atoms with Crippen LogP contribution in [0.4, 0.5) is 5.69 Å². The summed E-state index contributed by atoms with van der Waals surface area (Å²) in [6.45, 7) is 4.06. The van der Waals surface area contributed by atoms with Crippen LogP contribution < -0.4 is 4.31 Å². The van der Waals surface area contributed by atoms with Crippen molar-refractivity contribution in [2.75, 3.05) is 10.6 Å². The molecule has 5 heteroatoms. The van der Waals surface area contributed by atoms with E-state index in [2.05, 4.69) is 13.0 Å². The highest BCUT2D eigenvalue weighted by Crippen LogP contribution is 2.58. The number of anilines is 1. The molecule has 0 aromatic heterocycles. The maximum Gasteiger partial charge on any atom is 0.232 e. The number of benzene rings is 1. The molecule has 1 aromatic carbocycles. The van der Waals surface area contributed by atoms with Crippen molar-refractivity contribution in [1.29, 1.82) is 0 Å². The van der Waals surface area contributed by atoms with E-state index in [0.717, 1.165) is 17.7 Å². The van der Waals surface area contributed by atoms with Gasteiger partial charge in [0.05, 0.1) is 24.1 Å². The second kappa shape index (κ2) is 3.33. The molecule has 0 radical (unpaired) electrons. The van der Waals surface area contributed by atoms with E-state index in [0.29, 0.717) is 5.92 Å². The molecule has 102 valence electrons. The van der Waals surface area contributed by atoms with Crippen molar-refractivity contribution in [3.8, 4) is 0 Å². The Hall–Kier alpha value is -1.07. The first-order valence-electron chi connectivity index (χ1n) is 6.64. The van der Waals surface area contributed by atoms with Crippen LogP contribution in [0, 0.1) is 13.8 Å². The van der Waals surface area contributed by atoms with E-state index in [4.69, 9.17) is 4.74 Å². The summed E-state index contributed by atoms with van der Waals surface area (Å²) in [5.74, 6) is 0.313. The fourth-order valence-corrected chi connectivity index (χ4v) is 5.25. The predicted octanol–water partition coefficient (Wildman–Crippen LogP) is 1.71. The normalized spacial score (nSPS) is 35.0. The van der Waals surface area contributed by atoms with Crippen molar-refractivity contribution in [3.63, 3.8) is 0 Å². The number of aryl methyl sites for hydroxylation is 2. The minimum Gasteiger partial charge on any atom is -0.367 e. The highest BCUT2D eigenvalue weighted by molar-refractivity contribution is 7.92. The number of epoxide rings is 1. The zero-order valence-electron chi connectivity index (χ0n) is 11.3. The number of nitrogens with zero attached hydrogens (tertiary/aromatic N) is 1. The van der Waals surface area contributed by atoms with Gasteiger partial charge in [-0.05, 0) is 37.0 Å². The van der Waals surface area contributed by atoms with Gasteiger partial charge in [0.15, 0.2) is 0 Å². The molecule has 1 saturated carbocycles. The van der Waals surface area contributed by atoms with Crippen LogP contribution in [-0.2, 0) is 14.8 Å². The summed E-state index contributed by atoms with van der Waals surface area (Å²) < 4.78 is 31.7. The smallest absolute Gasteiger partial charge is 0.232 e. The maximum atomic E-state index is 12.2. The standard InChI is InChI=1S/C14H17NO3S/c1-7-4-5-8(2)12-11(7)9-6-10-14(18-10)13(9)15(12)19(3,16)17/h4-5,9-10,13-14H,6H2,1-3H3/t9-,10+,13+,14+/m0/s1. The van der Waals surface area contributed by atoms with Gasteiger partial charge >= 0.3 is 0 Å². The molecule has 3 aliphatic rings. The summed E-state index contributed by atoms with van der Waals surface area (Å²) in [5, 5.41) is 0. The minimum atomic E-state index is -3.26. The molecule has 19 heavy (non-hydrogen) atoms. The Labute approximate surface area is 113 Å². The van der Waals surface area contributed by atoms with Gasteiger partial charge in [-0.1, -0.05) is 12.1 Å². The average Bonchev–Trinajstić information content (AvgIpc) is 2.82. The predicted molar refractivity (Wildman–Crippen MR) is 73.0 cm³/mol. The summed E-state index contributed by atoms with van der Waals surface area (Å²) in [6, 6.07) is 4.09. The van der Waals surface area contributed by atoms with E-state index in [1.807, 2.05) is 13.0 Å². The van der Waals surface area contributed by atoms with Gasteiger partial charge in [-0.2, -0.15) is 0 Å². The van der Waals surface area contributed by atoms with Gasteiger partial charge in [0.1, 0.15) is 6.10 Å². The van der Waals surface area contributed by atoms with Gasteiger partial charge in [-0.3, -0.25) is 4.31 Å². The lowest BCUT2D eigenvalue weighted by molar-refractivity contribution is 0.290. The van der Waals surface area contributed by atoms with Crippen LogP contribution in [0.2, 0.25) is 0 Å². The number of hydrogen-bond acceptors (Lipinski definition) is 3. The molecule has 2 aliphatic heterocycles. The number of fused-ring (bicyclic) bond motifs is 5. The van der Waals surface area contributed by atoms with Crippen LogP contribution in [0.3, 0.4) is 0 Å². The molecule has 1 aromatic rings. The zero-order chi connectivity index (χ0) is 13.5. The Morgan fingerprint density at radius 2 is 1.95 bits per heavy atom. The molecule has 0 N–H and O–H groups in total. The summed E-state index contributed by atoms with van der Waals surface area (Å²) in [4.78, 5) is 0.